The quantitative estimate of drug-likeness (QED) is 0.402. The van der Waals surface area contributed by atoms with Gasteiger partial charge in [-0.25, -0.2) is 0 Å². The van der Waals surface area contributed by atoms with Crippen LogP contribution >= 0.6 is 0 Å². The highest BCUT2D eigenvalue weighted by molar-refractivity contribution is 5.66. The van der Waals surface area contributed by atoms with E-state index in [0.717, 1.165) is 24.7 Å². The Morgan fingerprint density at radius 2 is 1.92 bits per heavy atom. The molecule has 0 aromatic heterocycles. The van der Waals surface area contributed by atoms with Crippen molar-refractivity contribution in [1.29, 1.82) is 0 Å². The lowest BCUT2D eigenvalue weighted by molar-refractivity contribution is -0.137. The Kier molecular flexibility index (Phi) is 11.8. The molecule has 1 aliphatic rings. The fourth-order valence-corrected chi connectivity index (χ4v) is 3.33. The minimum absolute atomic E-state index is 0.296. The van der Waals surface area contributed by atoms with E-state index in [1.54, 1.807) is 0 Å². The summed E-state index contributed by atoms with van der Waals surface area (Å²) >= 11 is 0. The number of aryl methyl sites for hydroxylation is 1. The smallest absolute Gasteiger partial charge is 0.303 e. The highest BCUT2D eigenvalue weighted by atomic mass is 16.4. The van der Waals surface area contributed by atoms with Gasteiger partial charge in [0.1, 0.15) is 0 Å². The Morgan fingerprint density at radius 1 is 1.16 bits per heavy atom. The molecule has 1 aromatic rings. The molecule has 1 aliphatic carbocycles. The Labute approximate surface area is 154 Å². The van der Waals surface area contributed by atoms with Gasteiger partial charge in [0.15, 0.2) is 0 Å². The third-order valence-electron chi connectivity index (χ3n) is 4.98. The summed E-state index contributed by atoms with van der Waals surface area (Å²) in [6, 6.07) is 10.7. The van der Waals surface area contributed by atoms with E-state index in [1.807, 2.05) is 0 Å². The first kappa shape index (κ1) is 21.5. The minimum atomic E-state index is -0.687. The van der Waals surface area contributed by atoms with Crippen molar-refractivity contribution in [2.24, 2.45) is 11.8 Å². The van der Waals surface area contributed by atoms with Crippen molar-refractivity contribution >= 4 is 5.97 Å². The molecule has 0 heterocycles. The second kappa shape index (κ2) is 13.7. The molecule has 0 saturated heterocycles. The summed E-state index contributed by atoms with van der Waals surface area (Å²) in [5.41, 5.74) is 1.47. The van der Waals surface area contributed by atoms with Gasteiger partial charge in [-0.15, -0.1) is 0 Å². The molecule has 0 amide bonds. The second-order valence-corrected chi connectivity index (χ2v) is 7.23. The number of hydrogen-bond donors (Lipinski definition) is 1. The summed E-state index contributed by atoms with van der Waals surface area (Å²) in [5.74, 6) is 0.887. The van der Waals surface area contributed by atoms with Gasteiger partial charge in [-0.1, -0.05) is 82.0 Å². The third-order valence-corrected chi connectivity index (χ3v) is 4.98. The van der Waals surface area contributed by atoms with Crippen molar-refractivity contribution in [2.75, 3.05) is 0 Å². The lowest BCUT2D eigenvalue weighted by atomic mass is 9.97. The number of carboxylic acids is 1. The van der Waals surface area contributed by atoms with E-state index in [-0.39, 0.29) is 0 Å². The van der Waals surface area contributed by atoms with Crippen LogP contribution in [0.25, 0.3) is 0 Å². The number of carboxylic acid groups (broad SMARTS) is 1. The maximum absolute atomic E-state index is 10.2. The van der Waals surface area contributed by atoms with E-state index in [0.29, 0.717) is 6.42 Å². The van der Waals surface area contributed by atoms with Crippen LogP contribution in [-0.4, -0.2) is 11.1 Å². The van der Waals surface area contributed by atoms with Crippen molar-refractivity contribution < 1.29 is 9.90 Å². The topological polar surface area (TPSA) is 37.3 Å². The predicted molar refractivity (Wildman–Crippen MR) is 107 cm³/mol. The predicted octanol–water partition coefficient (Wildman–Crippen LogP) is 6.65. The largest absolute Gasteiger partial charge is 0.481 e. The number of carbonyl (C=O) groups is 1. The van der Waals surface area contributed by atoms with E-state index in [4.69, 9.17) is 5.11 Å². The molecule has 1 aromatic carbocycles. The number of benzene rings is 1. The summed E-state index contributed by atoms with van der Waals surface area (Å²) in [4.78, 5) is 10.2. The lowest BCUT2D eigenvalue weighted by Gasteiger charge is -2.08. The second-order valence-electron chi connectivity index (χ2n) is 7.23. The van der Waals surface area contributed by atoms with Crippen molar-refractivity contribution in [2.45, 2.75) is 78.1 Å². The van der Waals surface area contributed by atoms with Crippen molar-refractivity contribution in [3.63, 3.8) is 0 Å². The Balaban J connectivity index is 0.000000257. The molecule has 2 rings (SSSR count). The Morgan fingerprint density at radius 3 is 2.52 bits per heavy atom. The SMILES string of the molecule is CC1CCCC1/C=C\CCCC(=O)O.CCCCCc1ccccc1. The molecule has 0 radical (unpaired) electrons. The number of hydrogen-bond acceptors (Lipinski definition) is 1. The van der Waals surface area contributed by atoms with Crippen molar-refractivity contribution in [3.05, 3.63) is 48.0 Å². The summed E-state index contributed by atoms with van der Waals surface area (Å²) in [6.45, 7) is 4.55. The first-order chi connectivity index (χ1) is 12.1. The number of allylic oxidation sites excluding steroid dienone is 2. The van der Waals surface area contributed by atoms with Crippen LogP contribution in [0.15, 0.2) is 42.5 Å². The van der Waals surface area contributed by atoms with Crippen LogP contribution in [0.3, 0.4) is 0 Å². The molecular formula is C23H36O2. The maximum atomic E-state index is 10.2. The van der Waals surface area contributed by atoms with E-state index >= 15 is 0 Å². The molecule has 2 heteroatoms. The van der Waals surface area contributed by atoms with Gasteiger partial charge < -0.3 is 5.11 Å². The number of unbranched alkanes of at least 4 members (excludes halogenated alkanes) is 3. The van der Waals surface area contributed by atoms with Crippen LogP contribution < -0.4 is 0 Å². The monoisotopic (exact) mass is 344 g/mol. The normalized spacial score (nSPS) is 19.6. The lowest BCUT2D eigenvalue weighted by Crippen LogP contribution is -1.99. The minimum Gasteiger partial charge on any atom is -0.481 e. The first-order valence-electron chi connectivity index (χ1n) is 10.1. The zero-order chi connectivity index (χ0) is 18.3. The van der Waals surface area contributed by atoms with Crippen LogP contribution in [-0.2, 0) is 11.2 Å². The average Bonchev–Trinajstić information content (AvgIpc) is 3.01. The molecule has 25 heavy (non-hydrogen) atoms. The van der Waals surface area contributed by atoms with Crippen LogP contribution in [0.4, 0.5) is 0 Å². The molecular weight excluding hydrogens is 308 g/mol. The van der Waals surface area contributed by atoms with Gasteiger partial charge in [0.25, 0.3) is 0 Å². The molecule has 2 atom stereocenters. The third kappa shape index (κ3) is 10.8. The summed E-state index contributed by atoms with van der Waals surface area (Å²) in [5, 5.41) is 8.44. The maximum Gasteiger partial charge on any atom is 0.303 e. The molecule has 0 spiro atoms. The van der Waals surface area contributed by atoms with Gasteiger partial charge in [0.2, 0.25) is 0 Å². The average molecular weight is 345 g/mol. The highest BCUT2D eigenvalue weighted by Crippen LogP contribution is 2.32. The van der Waals surface area contributed by atoms with Gasteiger partial charge in [0, 0.05) is 6.42 Å². The fourth-order valence-electron chi connectivity index (χ4n) is 3.33. The number of aliphatic carboxylic acids is 1. The first-order valence-corrected chi connectivity index (χ1v) is 10.1. The molecule has 140 valence electrons. The van der Waals surface area contributed by atoms with Gasteiger partial charge in [-0.3, -0.25) is 4.79 Å². The van der Waals surface area contributed by atoms with Gasteiger partial charge in [-0.2, -0.15) is 0 Å². The van der Waals surface area contributed by atoms with Crippen LogP contribution in [0, 0.1) is 11.8 Å². The number of rotatable bonds is 9. The van der Waals surface area contributed by atoms with E-state index in [1.165, 1.54) is 50.5 Å². The molecule has 0 bridgehead atoms. The molecule has 1 N–H and O–H groups in total. The molecule has 1 fully saturated rings. The van der Waals surface area contributed by atoms with E-state index < -0.39 is 5.97 Å². The summed E-state index contributed by atoms with van der Waals surface area (Å²) in [7, 11) is 0. The summed E-state index contributed by atoms with van der Waals surface area (Å²) in [6.07, 6.45) is 15.7. The van der Waals surface area contributed by atoms with Crippen LogP contribution in [0.5, 0.6) is 0 Å². The van der Waals surface area contributed by atoms with E-state index in [2.05, 4.69) is 56.3 Å². The van der Waals surface area contributed by atoms with Crippen LogP contribution in [0.2, 0.25) is 0 Å². The Hall–Kier alpha value is -1.57. The zero-order valence-electron chi connectivity index (χ0n) is 16.1. The van der Waals surface area contributed by atoms with E-state index in [9.17, 15) is 4.79 Å². The van der Waals surface area contributed by atoms with Crippen molar-refractivity contribution in [1.82, 2.24) is 0 Å². The van der Waals surface area contributed by atoms with Crippen LogP contribution in [0.1, 0.15) is 77.2 Å². The molecule has 2 nitrogen and oxygen atoms in total. The standard InChI is InChI=1S/C12H20O2.C11H16/c1-10-6-5-8-11(10)7-3-2-4-9-12(13)14;1-2-3-5-8-11-9-6-4-7-10-11/h3,7,10-11H,2,4-6,8-9H2,1H3,(H,13,14);4,6-7,9-10H,2-3,5,8H2,1H3/b7-3-;. The molecule has 2 unspecified atom stereocenters. The van der Waals surface area contributed by atoms with Crippen molar-refractivity contribution in [3.8, 4) is 0 Å². The van der Waals surface area contributed by atoms with Gasteiger partial charge in [-0.05, 0) is 49.5 Å². The van der Waals surface area contributed by atoms with Gasteiger partial charge >= 0.3 is 5.97 Å². The fraction of sp³-hybridized carbons (Fsp3) is 0.609. The molecule has 0 aliphatic heterocycles. The van der Waals surface area contributed by atoms with Gasteiger partial charge in [0.05, 0.1) is 0 Å². The Bertz CT molecular complexity index is 478. The summed E-state index contributed by atoms with van der Waals surface area (Å²) < 4.78 is 0. The zero-order valence-corrected chi connectivity index (χ0v) is 16.1. The highest BCUT2D eigenvalue weighted by Gasteiger charge is 2.20. The molecule has 1 saturated carbocycles.